The van der Waals surface area contributed by atoms with Gasteiger partial charge < -0.3 is 16.0 Å². The minimum Gasteiger partial charge on any atom is -0.355 e. The van der Waals surface area contributed by atoms with E-state index in [1.807, 2.05) is 20.8 Å². The quantitative estimate of drug-likeness (QED) is 0.445. The lowest BCUT2D eigenvalue weighted by Crippen LogP contribution is -2.33. The molecule has 0 aliphatic heterocycles. The van der Waals surface area contributed by atoms with Gasteiger partial charge in [0.25, 0.3) is 5.91 Å². The van der Waals surface area contributed by atoms with Crippen molar-refractivity contribution < 1.29 is 14.0 Å². The average Bonchev–Trinajstić information content (AvgIpc) is 2.78. The van der Waals surface area contributed by atoms with E-state index >= 15 is 0 Å². The molecule has 0 aliphatic rings. The number of aromatic nitrogens is 2. The van der Waals surface area contributed by atoms with E-state index < -0.39 is 0 Å². The second-order valence-corrected chi connectivity index (χ2v) is 8.08. The van der Waals surface area contributed by atoms with E-state index in [0.29, 0.717) is 29.1 Å². The maximum Gasteiger partial charge on any atom is 0.255 e. The molecule has 0 spiro atoms. The fourth-order valence-electron chi connectivity index (χ4n) is 3.36. The summed E-state index contributed by atoms with van der Waals surface area (Å²) in [5.41, 5.74) is 4.43. The lowest BCUT2D eigenvalue weighted by molar-refractivity contribution is -0.118. The number of hydrogen-bond donors (Lipinski definition) is 3. The standard InChI is InChI=1S/C25H28FN5O2/c1-15(2)19-14-30-23(18-11-16(3)5-6-21(18)26)12-24(19)31-22-7-8-27-13-20(22)25(33)29-10-9-28-17(4)32/h5-8,11-15H,9-10H2,1-4H3,(H,28,32)(H,29,33)(H,27,30,31). The number of aryl methyl sites for hydroxylation is 1. The fourth-order valence-corrected chi connectivity index (χ4v) is 3.36. The van der Waals surface area contributed by atoms with E-state index in [1.165, 1.54) is 19.2 Å². The number of nitrogens with zero attached hydrogens (tertiary/aromatic N) is 2. The fraction of sp³-hybridized carbons (Fsp3) is 0.280. The SMILES string of the molecule is CC(=O)NCCNC(=O)c1cnccc1Nc1cc(-c2cc(C)ccc2F)ncc1C(C)C. The summed E-state index contributed by atoms with van der Waals surface area (Å²) in [7, 11) is 0. The summed E-state index contributed by atoms with van der Waals surface area (Å²) in [6, 6.07) is 8.42. The minimum absolute atomic E-state index is 0.146. The Morgan fingerprint density at radius 2 is 1.79 bits per heavy atom. The van der Waals surface area contributed by atoms with Crippen LogP contribution in [0.3, 0.4) is 0 Å². The Balaban J connectivity index is 1.92. The van der Waals surface area contributed by atoms with Gasteiger partial charge in [0.1, 0.15) is 5.82 Å². The highest BCUT2D eigenvalue weighted by Gasteiger charge is 2.16. The van der Waals surface area contributed by atoms with Gasteiger partial charge in [0, 0.05) is 49.9 Å². The van der Waals surface area contributed by atoms with E-state index in [9.17, 15) is 14.0 Å². The minimum atomic E-state index is -0.348. The van der Waals surface area contributed by atoms with Crippen LogP contribution >= 0.6 is 0 Å². The summed E-state index contributed by atoms with van der Waals surface area (Å²) >= 11 is 0. The van der Waals surface area contributed by atoms with Crippen LogP contribution in [-0.2, 0) is 4.79 Å². The molecule has 0 saturated heterocycles. The van der Waals surface area contributed by atoms with Crippen molar-refractivity contribution in [3.63, 3.8) is 0 Å². The molecule has 0 saturated carbocycles. The van der Waals surface area contributed by atoms with Crippen molar-refractivity contribution in [3.8, 4) is 11.3 Å². The third kappa shape index (κ3) is 6.12. The van der Waals surface area contributed by atoms with Crippen LogP contribution in [0.4, 0.5) is 15.8 Å². The summed E-state index contributed by atoms with van der Waals surface area (Å²) in [4.78, 5) is 32.3. The highest BCUT2D eigenvalue weighted by Crippen LogP contribution is 2.32. The van der Waals surface area contributed by atoms with Crippen LogP contribution < -0.4 is 16.0 Å². The third-order valence-corrected chi connectivity index (χ3v) is 5.07. The molecule has 3 N–H and O–H groups in total. The van der Waals surface area contributed by atoms with Crippen molar-refractivity contribution in [2.75, 3.05) is 18.4 Å². The summed E-state index contributed by atoms with van der Waals surface area (Å²) in [6.45, 7) is 8.02. The number of rotatable bonds is 8. The molecule has 2 amide bonds. The highest BCUT2D eigenvalue weighted by atomic mass is 19.1. The van der Waals surface area contributed by atoms with Gasteiger partial charge in [-0.2, -0.15) is 0 Å². The Labute approximate surface area is 192 Å². The molecule has 1 aromatic carbocycles. The molecule has 33 heavy (non-hydrogen) atoms. The number of amides is 2. The summed E-state index contributed by atoms with van der Waals surface area (Å²) in [5, 5.41) is 8.73. The van der Waals surface area contributed by atoms with Gasteiger partial charge in [0.15, 0.2) is 0 Å². The predicted octanol–water partition coefficient (Wildman–Crippen LogP) is 4.32. The van der Waals surface area contributed by atoms with Crippen LogP contribution in [0.25, 0.3) is 11.3 Å². The van der Waals surface area contributed by atoms with Crippen LogP contribution in [0.1, 0.15) is 48.2 Å². The Bertz CT molecular complexity index is 1160. The lowest BCUT2D eigenvalue weighted by atomic mass is 10.00. The van der Waals surface area contributed by atoms with Crippen LogP contribution in [0.5, 0.6) is 0 Å². The van der Waals surface area contributed by atoms with Crippen LogP contribution in [0, 0.1) is 12.7 Å². The predicted molar refractivity (Wildman–Crippen MR) is 127 cm³/mol. The first-order chi connectivity index (χ1) is 15.8. The normalized spacial score (nSPS) is 10.7. The van der Waals surface area contributed by atoms with E-state index in [4.69, 9.17) is 0 Å². The zero-order valence-corrected chi connectivity index (χ0v) is 19.2. The maximum atomic E-state index is 14.5. The number of halogens is 1. The Morgan fingerprint density at radius 3 is 2.52 bits per heavy atom. The molecule has 0 radical (unpaired) electrons. The van der Waals surface area contributed by atoms with Gasteiger partial charge in [-0.05, 0) is 42.7 Å². The van der Waals surface area contributed by atoms with Crippen LogP contribution in [-0.4, -0.2) is 34.9 Å². The molecule has 2 heterocycles. The van der Waals surface area contributed by atoms with Crippen molar-refractivity contribution in [3.05, 3.63) is 71.4 Å². The van der Waals surface area contributed by atoms with Gasteiger partial charge in [-0.15, -0.1) is 0 Å². The molecule has 2 aromatic heterocycles. The number of carbonyl (C=O) groups excluding carboxylic acids is 2. The van der Waals surface area contributed by atoms with E-state index in [2.05, 4.69) is 25.9 Å². The van der Waals surface area contributed by atoms with Crippen molar-refractivity contribution in [2.45, 2.75) is 33.6 Å². The molecular weight excluding hydrogens is 421 g/mol. The molecule has 0 fully saturated rings. The number of pyridine rings is 2. The second kappa shape index (κ2) is 10.7. The first-order valence-electron chi connectivity index (χ1n) is 10.8. The van der Waals surface area contributed by atoms with Crippen LogP contribution in [0.2, 0.25) is 0 Å². The first kappa shape index (κ1) is 23.8. The van der Waals surface area contributed by atoms with Gasteiger partial charge in [-0.25, -0.2) is 4.39 Å². The Kier molecular flexibility index (Phi) is 7.71. The van der Waals surface area contributed by atoms with E-state index in [1.54, 1.807) is 36.7 Å². The second-order valence-electron chi connectivity index (χ2n) is 8.08. The molecule has 3 rings (SSSR count). The van der Waals surface area contributed by atoms with E-state index in [-0.39, 0.29) is 30.1 Å². The molecule has 0 aliphatic carbocycles. The van der Waals surface area contributed by atoms with Gasteiger partial charge in [0.05, 0.1) is 16.9 Å². The number of hydrogen-bond acceptors (Lipinski definition) is 5. The molecule has 0 bridgehead atoms. The maximum absolute atomic E-state index is 14.5. The van der Waals surface area contributed by atoms with Gasteiger partial charge >= 0.3 is 0 Å². The number of benzene rings is 1. The largest absolute Gasteiger partial charge is 0.355 e. The highest BCUT2D eigenvalue weighted by molar-refractivity contribution is 6.00. The van der Waals surface area contributed by atoms with E-state index in [0.717, 1.165) is 16.8 Å². The average molecular weight is 450 g/mol. The van der Waals surface area contributed by atoms with Crippen molar-refractivity contribution in [2.24, 2.45) is 0 Å². The van der Waals surface area contributed by atoms with Gasteiger partial charge in [-0.3, -0.25) is 19.6 Å². The molecular formula is C25H28FN5O2. The molecule has 8 heteroatoms. The molecule has 3 aromatic rings. The first-order valence-corrected chi connectivity index (χ1v) is 10.8. The third-order valence-electron chi connectivity index (χ3n) is 5.07. The summed E-state index contributed by atoms with van der Waals surface area (Å²) in [5.74, 6) is -0.679. The topological polar surface area (TPSA) is 96.0 Å². The number of nitrogens with one attached hydrogen (secondary N) is 3. The molecule has 172 valence electrons. The van der Waals surface area contributed by atoms with Crippen LogP contribution in [0.15, 0.2) is 48.9 Å². The smallest absolute Gasteiger partial charge is 0.255 e. The zero-order chi connectivity index (χ0) is 24.0. The van der Waals surface area contributed by atoms with Crippen molar-refractivity contribution >= 4 is 23.2 Å². The summed E-state index contributed by atoms with van der Waals surface area (Å²) < 4.78 is 14.5. The monoisotopic (exact) mass is 449 g/mol. The van der Waals surface area contributed by atoms with Gasteiger partial charge in [0.2, 0.25) is 5.91 Å². The van der Waals surface area contributed by atoms with Gasteiger partial charge in [-0.1, -0.05) is 25.5 Å². The Hall–Kier alpha value is -3.81. The Morgan fingerprint density at radius 1 is 1.03 bits per heavy atom. The zero-order valence-electron chi connectivity index (χ0n) is 19.2. The molecule has 0 atom stereocenters. The summed E-state index contributed by atoms with van der Waals surface area (Å²) in [6.07, 6.45) is 4.81. The van der Waals surface area contributed by atoms with Crippen molar-refractivity contribution in [1.82, 2.24) is 20.6 Å². The van der Waals surface area contributed by atoms with Crippen molar-refractivity contribution in [1.29, 1.82) is 0 Å². The lowest BCUT2D eigenvalue weighted by Gasteiger charge is -2.18. The number of anilines is 2. The molecule has 0 unspecified atom stereocenters. The molecule has 7 nitrogen and oxygen atoms in total. The number of carbonyl (C=O) groups is 2.